The predicted molar refractivity (Wildman–Crippen MR) is 134 cm³/mol. The standard InChI is InChI=1S/C25H29N7O4/c1-6-10-32-21-18(23(34)30-25(32)35)16(11-17(27-21)13(2)3)22(33)28-19(14(4)5)24-29-20(31-36-24)15-8-7-9-26-12-15/h7-9,11-14,19H,6,10H2,1-5H3,(H,28,33)(H,30,34,35)/t19-/m0/s1. The van der Waals surface area contributed by atoms with E-state index in [1.54, 1.807) is 24.5 Å². The Bertz CT molecular complexity index is 1500. The summed E-state index contributed by atoms with van der Waals surface area (Å²) in [4.78, 5) is 54.5. The molecule has 0 fully saturated rings. The lowest BCUT2D eigenvalue weighted by Crippen LogP contribution is -2.35. The molecule has 11 heteroatoms. The normalized spacial score (nSPS) is 12.4. The maximum absolute atomic E-state index is 13.6. The summed E-state index contributed by atoms with van der Waals surface area (Å²) in [6.07, 6.45) is 3.92. The topological polar surface area (TPSA) is 149 Å². The van der Waals surface area contributed by atoms with Gasteiger partial charge in [-0.3, -0.25) is 24.1 Å². The summed E-state index contributed by atoms with van der Waals surface area (Å²) in [7, 11) is 0. The Labute approximate surface area is 207 Å². The Kier molecular flexibility index (Phi) is 7.09. The third-order valence-electron chi connectivity index (χ3n) is 5.83. The van der Waals surface area contributed by atoms with Crippen LogP contribution in [0.1, 0.15) is 74.9 Å². The molecule has 0 radical (unpaired) electrons. The molecule has 36 heavy (non-hydrogen) atoms. The molecule has 0 spiro atoms. The maximum atomic E-state index is 13.6. The molecule has 0 saturated carbocycles. The average Bonchev–Trinajstić information content (AvgIpc) is 3.34. The lowest BCUT2D eigenvalue weighted by Gasteiger charge is -2.20. The summed E-state index contributed by atoms with van der Waals surface area (Å²) in [5.74, 6) is -0.0584. The van der Waals surface area contributed by atoms with Crippen molar-refractivity contribution in [3.63, 3.8) is 0 Å². The summed E-state index contributed by atoms with van der Waals surface area (Å²) < 4.78 is 6.89. The van der Waals surface area contributed by atoms with Gasteiger partial charge in [-0.25, -0.2) is 9.78 Å². The average molecular weight is 492 g/mol. The Morgan fingerprint density at radius 2 is 1.97 bits per heavy atom. The highest BCUT2D eigenvalue weighted by Gasteiger charge is 2.28. The van der Waals surface area contributed by atoms with E-state index in [2.05, 4.69) is 30.4 Å². The van der Waals surface area contributed by atoms with Crippen molar-refractivity contribution in [2.45, 2.75) is 59.5 Å². The number of aryl methyl sites for hydroxylation is 1. The van der Waals surface area contributed by atoms with E-state index in [4.69, 9.17) is 4.52 Å². The van der Waals surface area contributed by atoms with E-state index in [-0.39, 0.29) is 34.3 Å². The molecule has 0 unspecified atom stereocenters. The molecule has 1 amide bonds. The van der Waals surface area contributed by atoms with Gasteiger partial charge in [0.15, 0.2) is 5.65 Å². The van der Waals surface area contributed by atoms with Gasteiger partial charge in [-0.15, -0.1) is 0 Å². The van der Waals surface area contributed by atoms with Gasteiger partial charge in [0.2, 0.25) is 11.7 Å². The van der Waals surface area contributed by atoms with Crippen molar-refractivity contribution >= 4 is 16.9 Å². The number of rotatable bonds is 8. The third-order valence-corrected chi connectivity index (χ3v) is 5.83. The second-order valence-electron chi connectivity index (χ2n) is 9.25. The fourth-order valence-corrected chi connectivity index (χ4v) is 3.91. The molecule has 188 valence electrons. The van der Waals surface area contributed by atoms with Gasteiger partial charge in [0.1, 0.15) is 6.04 Å². The quantitative estimate of drug-likeness (QED) is 0.382. The van der Waals surface area contributed by atoms with Crippen LogP contribution in [-0.2, 0) is 6.54 Å². The zero-order chi connectivity index (χ0) is 26.0. The van der Waals surface area contributed by atoms with Crippen molar-refractivity contribution < 1.29 is 9.32 Å². The van der Waals surface area contributed by atoms with E-state index < -0.39 is 23.2 Å². The monoisotopic (exact) mass is 491 g/mol. The van der Waals surface area contributed by atoms with Crippen LogP contribution in [0.25, 0.3) is 22.4 Å². The molecule has 2 N–H and O–H groups in total. The molecule has 0 aliphatic rings. The Hall–Kier alpha value is -4.15. The Morgan fingerprint density at radius 1 is 1.19 bits per heavy atom. The zero-order valence-corrected chi connectivity index (χ0v) is 20.9. The molecule has 0 bridgehead atoms. The third kappa shape index (κ3) is 4.81. The fraction of sp³-hybridized carbons (Fsp3) is 0.400. The minimum Gasteiger partial charge on any atom is -0.340 e. The lowest BCUT2D eigenvalue weighted by atomic mass is 10.0. The summed E-state index contributed by atoms with van der Waals surface area (Å²) >= 11 is 0. The zero-order valence-electron chi connectivity index (χ0n) is 20.9. The van der Waals surface area contributed by atoms with Crippen molar-refractivity contribution in [1.82, 2.24) is 35.0 Å². The molecule has 0 saturated heterocycles. The number of carbonyl (C=O) groups is 1. The van der Waals surface area contributed by atoms with Crippen molar-refractivity contribution in [2.75, 3.05) is 0 Å². The molecule has 0 aliphatic carbocycles. The summed E-state index contributed by atoms with van der Waals surface area (Å²) in [6, 6.07) is 4.55. The molecule has 4 heterocycles. The minimum absolute atomic E-state index is 0.0377. The fourth-order valence-electron chi connectivity index (χ4n) is 3.91. The highest BCUT2D eigenvalue weighted by atomic mass is 16.5. The SMILES string of the molecule is CCCn1c(=O)[nH]c(=O)c2c(C(=O)N[C@H](c3nc(-c4cccnc4)no3)C(C)C)cc(C(C)C)nc21. The van der Waals surface area contributed by atoms with Gasteiger partial charge in [0.25, 0.3) is 11.5 Å². The van der Waals surface area contributed by atoms with Crippen LogP contribution in [0.2, 0.25) is 0 Å². The molecule has 0 aromatic carbocycles. The summed E-state index contributed by atoms with van der Waals surface area (Å²) in [5.41, 5.74) is 0.395. The van der Waals surface area contributed by atoms with Gasteiger partial charge in [-0.05, 0) is 36.5 Å². The number of hydrogen-bond donors (Lipinski definition) is 2. The highest BCUT2D eigenvalue weighted by molar-refractivity contribution is 6.05. The first-order valence-electron chi connectivity index (χ1n) is 11.9. The number of carbonyl (C=O) groups excluding carboxylic acids is 1. The van der Waals surface area contributed by atoms with Crippen LogP contribution in [0.5, 0.6) is 0 Å². The van der Waals surface area contributed by atoms with E-state index in [0.29, 0.717) is 30.0 Å². The van der Waals surface area contributed by atoms with Crippen molar-refractivity contribution in [2.24, 2.45) is 5.92 Å². The number of H-pyrrole nitrogens is 1. The van der Waals surface area contributed by atoms with Gasteiger partial charge in [-0.1, -0.05) is 39.8 Å². The first kappa shape index (κ1) is 25.0. The van der Waals surface area contributed by atoms with E-state index in [1.165, 1.54) is 4.57 Å². The second-order valence-corrected chi connectivity index (χ2v) is 9.25. The lowest BCUT2D eigenvalue weighted by molar-refractivity contribution is 0.0915. The van der Waals surface area contributed by atoms with Gasteiger partial charge in [0.05, 0.1) is 10.9 Å². The molecule has 4 rings (SSSR count). The van der Waals surface area contributed by atoms with E-state index in [9.17, 15) is 14.4 Å². The Balaban J connectivity index is 1.79. The minimum atomic E-state index is -0.659. The van der Waals surface area contributed by atoms with Crippen molar-refractivity contribution in [1.29, 1.82) is 0 Å². The number of aromatic amines is 1. The number of pyridine rings is 2. The Morgan fingerprint density at radius 3 is 2.61 bits per heavy atom. The van der Waals surface area contributed by atoms with Crippen LogP contribution in [0.4, 0.5) is 0 Å². The van der Waals surface area contributed by atoms with Gasteiger partial charge >= 0.3 is 5.69 Å². The summed E-state index contributed by atoms with van der Waals surface area (Å²) in [6.45, 7) is 9.96. The first-order valence-corrected chi connectivity index (χ1v) is 11.9. The van der Waals surface area contributed by atoms with Crippen molar-refractivity contribution in [3.05, 3.63) is 68.6 Å². The van der Waals surface area contributed by atoms with Gasteiger partial charge in [-0.2, -0.15) is 4.98 Å². The molecule has 1 atom stereocenters. The van der Waals surface area contributed by atoms with Crippen LogP contribution >= 0.6 is 0 Å². The van der Waals surface area contributed by atoms with E-state index in [1.807, 2.05) is 40.7 Å². The predicted octanol–water partition coefficient (Wildman–Crippen LogP) is 3.19. The number of aromatic nitrogens is 6. The largest absolute Gasteiger partial charge is 0.340 e. The molecular weight excluding hydrogens is 462 g/mol. The maximum Gasteiger partial charge on any atom is 0.329 e. The second kappa shape index (κ2) is 10.2. The van der Waals surface area contributed by atoms with Crippen LogP contribution in [0.3, 0.4) is 0 Å². The van der Waals surface area contributed by atoms with E-state index in [0.717, 1.165) is 0 Å². The van der Waals surface area contributed by atoms with Crippen LogP contribution in [0, 0.1) is 5.92 Å². The number of fused-ring (bicyclic) bond motifs is 1. The smallest absolute Gasteiger partial charge is 0.329 e. The van der Waals surface area contributed by atoms with Gasteiger partial charge < -0.3 is 9.84 Å². The number of nitrogens with zero attached hydrogens (tertiary/aromatic N) is 5. The highest BCUT2D eigenvalue weighted by Crippen LogP contribution is 2.25. The van der Waals surface area contributed by atoms with E-state index >= 15 is 0 Å². The van der Waals surface area contributed by atoms with Gasteiger partial charge in [0, 0.05) is 30.2 Å². The molecular formula is C25H29N7O4. The number of nitrogens with one attached hydrogen (secondary N) is 2. The molecule has 0 aliphatic heterocycles. The molecule has 11 nitrogen and oxygen atoms in total. The molecule has 4 aromatic rings. The number of amides is 1. The number of hydrogen-bond acceptors (Lipinski definition) is 8. The first-order chi connectivity index (χ1) is 17.2. The van der Waals surface area contributed by atoms with Crippen molar-refractivity contribution in [3.8, 4) is 11.4 Å². The molecule has 4 aromatic heterocycles. The van der Waals surface area contributed by atoms with Crippen LogP contribution in [0.15, 0.2) is 44.7 Å². The van der Waals surface area contributed by atoms with Crippen LogP contribution in [-0.4, -0.2) is 35.6 Å². The van der Waals surface area contributed by atoms with Crippen LogP contribution < -0.4 is 16.6 Å². The summed E-state index contributed by atoms with van der Waals surface area (Å²) in [5, 5.41) is 7.04.